The summed E-state index contributed by atoms with van der Waals surface area (Å²) in [5.41, 5.74) is 1.71. The van der Waals surface area contributed by atoms with Crippen molar-refractivity contribution in [2.75, 3.05) is 6.61 Å². The summed E-state index contributed by atoms with van der Waals surface area (Å²) in [5.74, 6) is -1.55. The van der Waals surface area contributed by atoms with Crippen molar-refractivity contribution in [1.82, 2.24) is 14.5 Å². The van der Waals surface area contributed by atoms with Crippen LogP contribution in [0.1, 0.15) is 33.6 Å². The maximum atomic E-state index is 15.1. The predicted octanol–water partition coefficient (Wildman–Crippen LogP) is 3.61. The Morgan fingerprint density at radius 2 is 2.11 bits per heavy atom. The maximum absolute atomic E-state index is 15.1. The van der Waals surface area contributed by atoms with Crippen molar-refractivity contribution in [3.05, 3.63) is 87.4 Å². The van der Waals surface area contributed by atoms with Crippen LogP contribution in [0.25, 0.3) is 27.4 Å². The second-order valence-corrected chi connectivity index (χ2v) is 8.49. The summed E-state index contributed by atoms with van der Waals surface area (Å²) in [6.45, 7) is 0.272. The Labute approximate surface area is 197 Å². The number of nitrogens with one attached hydrogen (secondary N) is 1. The Bertz CT molecular complexity index is 1710. The van der Waals surface area contributed by atoms with Crippen LogP contribution in [0.3, 0.4) is 0 Å². The predicted molar refractivity (Wildman–Crippen MR) is 126 cm³/mol. The van der Waals surface area contributed by atoms with Gasteiger partial charge in [0.2, 0.25) is 0 Å². The monoisotopic (exact) mass is 471 g/mol. The Kier molecular flexibility index (Phi) is 4.67. The zero-order valence-electron chi connectivity index (χ0n) is 18.3. The number of allylic oxidation sites excluding steroid dienone is 4. The van der Waals surface area contributed by atoms with Gasteiger partial charge in [-0.2, -0.15) is 0 Å². The van der Waals surface area contributed by atoms with Crippen molar-refractivity contribution in [2.24, 2.45) is 0 Å². The van der Waals surface area contributed by atoms with Crippen LogP contribution in [-0.2, 0) is 17.8 Å². The second kappa shape index (κ2) is 7.76. The third-order valence-electron chi connectivity index (χ3n) is 6.49. The number of carbonyl (C=O) groups is 2. The molecule has 0 bridgehead atoms. The first-order valence-corrected chi connectivity index (χ1v) is 11.0. The minimum Gasteiger partial charge on any atom is -0.492 e. The molecule has 2 aliphatic rings. The highest BCUT2D eigenvalue weighted by atomic mass is 19.1. The summed E-state index contributed by atoms with van der Waals surface area (Å²) in [4.78, 5) is 44.2. The SMILES string of the molecule is O=C1CC=CC=C1c1c(C(=O)O)n(Cc2cc3c(=O)[nH]cnc3cc2F)c2ccc3c(c12)OCC3. The molecule has 1 aliphatic heterocycles. The lowest BCUT2D eigenvalue weighted by Crippen LogP contribution is -2.15. The first-order chi connectivity index (χ1) is 16.9. The first-order valence-electron chi connectivity index (χ1n) is 11.0. The quantitative estimate of drug-likeness (QED) is 0.470. The summed E-state index contributed by atoms with van der Waals surface area (Å²) in [7, 11) is 0. The topological polar surface area (TPSA) is 114 Å². The van der Waals surface area contributed by atoms with Gasteiger partial charge in [0.25, 0.3) is 5.56 Å². The smallest absolute Gasteiger partial charge is 0.353 e. The molecule has 2 aromatic carbocycles. The molecule has 2 aromatic heterocycles. The van der Waals surface area contributed by atoms with E-state index in [1.54, 1.807) is 24.3 Å². The van der Waals surface area contributed by atoms with Gasteiger partial charge >= 0.3 is 5.97 Å². The number of aromatic carboxylic acids is 1. The van der Waals surface area contributed by atoms with Crippen LogP contribution in [0.15, 0.2) is 53.6 Å². The molecular formula is C26H18FN3O5. The van der Waals surface area contributed by atoms with Gasteiger partial charge in [-0.1, -0.05) is 24.3 Å². The van der Waals surface area contributed by atoms with Crippen molar-refractivity contribution >= 4 is 39.1 Å². The van der Waals surface area contributed by atoms with Crippen LogP contribution < -0.4 is 10.3 Å². The van der Waals surface area contributed by atoms with Gasteiger partial charge < -0.3 is 19.4 Å². The van der Waals surface area contributed by atoms with E-state index in [2.05, 4.69) is 9.97 Å². The van der Waals surface area contributed by atoms with E-state index in [1.165, 1.54) is 17.0 Å². The number of fused-ring (bicyclic) bond motifs is 4. The molecule has 0 saturated heterocycles. The van der Waals surface area contributed by atoms with Crippen molar-refractivity contribution in [1.29, 1.82) is 0 Å². The molecule has 35 heavy (non-hydrogen) atoms. The summed E-state index contributed by atoms with van der Waals surface area (Å²) in [6.07, 6.45) is 7.05. The van der Waals surface area contributed by atoms with Gasteiger partial charge in [-0.25, -0.2) is 14.2 Å². The summed E-state index contributed by atoms with van der Waals surface area (Å²) >= 11 is 0. The number of carbonyl (C=O) groups excluding carboxylic acids is 1. The van der Waals surface area contributed by atoms with Crippen molar-refractivity contribution < 1.29 is 23.8 Å². The summed E-state index contributed by atoms with van der Waals surface area (Å²) in [5, 5.41) is 11.0. The van der Waals surface area contributed by atoms with Gasteiger partial charge in [-0.15, -0.1) is 0 Å². The molecule has 0 spiro atoms. The molecule has 2 N–H and O–H groups in total. The Morgan fingerprint density at radius 1 is 1.26 bits per heavy atom. The molecule has 9 heteroatoms. The molecular weight excluding hydrogens is 453 g/mol. The first kappa shape index (κ1) is 21.0. The van der Waals surface area contributed by atoms with Gasteiger partial charge in [-0.05, 0) is 17.7 Å². The van der Waals surface area contributed by atoms with Crippen LogP contribution in [0.5, 0.6) is 5.75 Å². The fraction of sp³-hybridized carbons (Fsp3) is 0.154. The van der Waals surface area contributed by atoms with E-state index >= 15 is 4.39 Å². The normalized spacial score (nSPS) is 14.9. The van der Waals surface area contributed by atoms with Crippen LogP contribution in [-0.4, -0.2) is 38.0 Å². The summed E-state index contributed by atoms with van der Waals surface area (Å²) < 4.78 is 22.5. The minimum absolute atomic E-state index is 0.118. The molecule has 0 saturated carbocycles. The lowest BCUT2D eigenvalue weighted by Gasteiger charge is -2.12. The number of halogens is 1. The fourth-order valence-electron chi connectivity index (χ4n) is 4.92. The van der Waals surface area contributed by atoms with E-state index in [1.807, 2.05) is 6.07 Å². The molecule has 8 nitrogen and oxygen atoms in total. The number of hydrogen-bond acceptors (Lipinski definition) is 5. The number of benzene rings is 2. The number of ketones is 1. The van der Waals surface area contributed by atoms with Crippen molar-refractivity contribution in [3.63, 3.8) is 0 Å². The number of hydrogen-bond donors (Lipinski definition) is 2. The number of aromatic amines is 1. The third-order valence-corrected chi connectivity index (χ3v) is 6.49. The molecule has 0 radical (unpaired) electrons. The van der Waals surface area contributed by atoms with Crippen LogP contribution >= 0.6 is 0 Å². The average molecular weight is 471 g/mol. The van der Waals surface area contributed by atoms with E-state index in [0.29, 0.717) is 29.7 Å². The number of H-pyrrole nitrogens is 1. The van der Waals surface area contributed by atoms with Crippen LogP contribution in [0.2, 0.25) is 0 Å². The molecule has 1 aliphatic carbocycles. The number of Topliss-reactive ketones (excluding diaryl/α,β-unsaturated/α-hetero) is 1. The van der Waals surface area contributed by atoms with Gasteiger partial charge in [0, 0.05) is 35.6 Å². The highest BCUT2D eigenvalue weighted by Gasteiger charge is 2.32. The second-order valence-electron chi connectivity index (χ2n) is 8.49. The number of carboxylic acids is 1. The molecule has 3 heterocycles. The lowest BCUT2D eigenvalue weighted by atomic mass is 9.92. The van der Waals surface area contributed by atoms with E-state index in [9.17, 15) is 19.5 Å². The van der Waals surface area contributed by atoms with Gasteiger partial charge in [0.15, 0.2) is 5.78 Å². The van der Waals surface area contributed by atoms with Crippen LogP contribution in [0.4, 0.5) is 4.39 Å². The number of rotatable bonds is 4. The molecule has 174 valence electrons. The Hall–Kier alpha value is -4.53. The molecule has 4 aromatic rings. The van der Waals surface area contributed by atoms with Crippen molar-refractivity contribution in [2.45, 2.75) is 19.4 Å². The molecule has 0 fully saturated rings. The van der Waals surface area contributed by atoms with Crippen LogP contribution in [0, 0.1) is 5.82 Å². The van der Waals surface area contributed by atoms with E-state index in [-0.39, 0.29) is 52.0 Å². The fourth-order valence-corrected chi connectivity index (χ4v) is 4.92. The molecule has 6 rings (SSSR count). The highest BCUT2D eigenvalue weighted by molar-refractivity contribution is 6.28. The Balaban J connectivity index is 1.66. The average Bonchev–Trinajstić information content (AvgIpc) is 3.43. The highest BCUT2D eigenvalue weighted by Crippen LogP contribution is 2.43. The molecule has 0 amide bonds. The largest absolute Gasteiger partial charge is 0.492 e. The summed E-state index contributed by atoms with van der Waals surface area (Å²) in [6, 6.07) is 6.17. The number of nitrogens with zero attached hydrogens (tertiary/aromatic N) is 2. The zero-order valence-corrected chi connectivity index (χ0v) is 18.3. The van der Waals surface area contributed by atoms with Crippen molar-refractivity contribution in [3.8, 4) is 5.75 Å². The van der Waals surface area contributed by atoms with E-state index < -0.39 is 17.3 Å². The van der Waals surface area contributed by atoms with E-state index in [4.69, 9.17) is 4.74 Å². The lowest BCUT2D eigenvalue weighted by molar-refractivity contribution is -0.113. The van der Waals surface area contributed by atoms with Gasteiger partial charge in [0.1, 0.15) is 17.3 Å². The molecule has 0 atom stereocenters. The van der Waals surface area contributed by atoms with Gasteiger partial charge in [-0.3, -0.25) is 9.59 Å². The third kappa shape index (κ3) is 3.19. The number of carboxylic acid groups (broad SMARTS) is 1. The Morgan fingerprint density at radius 3 is 2.91 bits per heavy atom. The van der Waals surface area contributed by atoms with E-state index in [0.717, 1.165) is 11.6 Å². The minimum atomic E-state index is -1.26. The maximum Gasteiger partial charge on any atom is 0.353 e. The standard InChI is InChI=1S/C26H18FN3O5/c27-17-10-18-16(25(32)29-12-28-18)9-14(17)11-30-19-6-5-13-7-8-35-24(13)22(19)21(23(30)26(33)34)15-3-1-2-4-20(15)31/h1-3,5-6,9-10,12H,4,7-8,11H2,(H,33,34)(H,28,29,32). The molecule has 0 unspecified atom stereocenters. The number of aromatic nitrogens is 3. The van der Waals surface area contributed by atoms with Gasteiger partial charge in [0.05, 0.1) is 41.3 Å². The zero-order chi connectivity index (χ0) is 24.3. The number of ether oxygens (including phenoxy) is 1.